The number of aryl methyl sites for hydroxylation is 1. The Hall–Kier alpha value is -3.40. The maximum absolute atomic E-state index is 12.9. The van der Waals surface area contributed by atoms with Gasteiger partial charge in [0, 0.05) is 35.5 Å². The highest BCUT2D eigenvalue weighted by Gasteiger charge is 2.23. The van der Waals surface area contributed by atoms with Gasteiger partial charge in [0.15, 0.2) is 0 Å². The molecule has 1 aliphatic rings. The van der Waals surface area contributed by atoms with Gasteiger partial charge in [-0.15, -0.1) is 0 Å². The van der Waals surface area contributed by atoms with Gasteiger partial charge < -0.3 is 16.0 Å². The molecule has 10 heteroatoms. The van der Waals surface area contributed by atoms with Gasteiger partial charge in [0.2, 0.25) is 11.8 Å². The summed E-state index contributed by atoms with van der Waals surface area (Å²) in [6.07, 6.45) is 3.27. The molecule has 162 valence electrons. The molecule has 9 nitrogen and oxygen atoms in total. The van der Waals surface area contributed by atoms with Gasteiger partial charge in [-0.25, -0.2) is 0 Å². The van der Waals surface area contributed by atoms with Gasteiger partial charge in [0.25, 0.3) is 11.6 Å². The summed E-state index contributed by atoms with van der Waals surface area (Å²) in [5.74, 6) is -0.334. The van der Waals surface area contributed by atoms with Crippen LogP contribution in [0.3, 0.4) is 0 Å². The predicted octanol–water partition coefficient (Wildman–Crippen LogP) is 2.97. The number of non-ortho nitro benzene ring substituents is 1. The number of nitrogens with zero attached hydrogens (tertiary/aromatic N) is 1. The Bertz CT molecular complexity index is 1030. The maximum atomic E-state index is 12.9. The molecule has 2 aromatic carbocycles. The first-order valence-corrected chi connectivity index (χ1v) is 11.0. The van der Waals surface area contributed by atoms with Gasteiger partial charge >= 0.3 is 0 Å². The number of nitrogens with one attached hydrogen (secondary N) is 3. The lowest BCUT2D eigenvalue weighted by Gasteiger charge is -2.20. The van der Waals surface area contributed by atoms with E-state index in [0.29, 0.717) is 30.7 Å². The Labute approximate surface area is 183 Å². The molecule has 0 aromatic heterocycles. The average Bonchev–Trinajstić information content (AvgIpc) is 2.76. The number of benzene rings is 2. The smallest absolute Gasteiger partial charge is 0.270 e. The van der Waals surface area contributed by atoms with Crippen molar-refractivity contribution in [2.24, 2.45) is 0 Å². The Morgan fingerprint density at radius 1 is 1.23 bits per heavy atom. The van der Waals surface area contributed by atoms with E-state index in [9.17, 15) is 24.5 Å². The molecule has 31 heavy (non-hydrogen) atoms. The molecule has 0 saturated heterocycles. The highest BCUT2D eigenvalue weighted by atomic mass is 32.2. The van der Waals surface area contributed by atoms with Crippen LogP contribution in [-0.2, 0) is 16.0 Å². The van der Waals surface area contributed by atoms with E-state index in [1.165, 1.54) is 24.3 Å². The second-order valence-corrected chi connectivity index (χ2v) is 8.01. The Balaban J connectivity index is 1.72. The average molecular weight is 442 g/mol. The number of anilines is 2. The van der Waals surface area contributed by atoms with Crippen LogP contribution in [0, 0.1) is 10.1 Å². The fourth-order valence-corrected chi connectivity index (χ4v) is 3.67. The number of carbonyl (C=O) groups excluding carboxylic acids is 3. The molecule has 2 aromatic rings. The van der Waals surface area contributed by atoms with E-state index >= 15 is 0 Å². The first kappa shape index (κ1) is 22.3. The van der Waals surface area contributed by atoms with Crippen LogP contribution >= 0.6 is 11.8 Å². The molecule has 1 heterocycles. The second kappa shape index (κ2) is 10.1. The quantitative estimate of drug-likeness (QED) is 0.426. The van der Waals surface area contributed by atoms with E-state index in [-0.39, 0.29) is 23.1 Å². The summed E-state index contributed by atoms with van der Waals surface area (Å²) in [5, 5.41) is 19.2. The van der Waals surface area contributed by atoms with Crippen LogP contribution < -0.4 is 16.0 Å². The van der Waals surface area contributed by atoms with Crippen molar-refractivity contribution in [1.29, 1.82) is 0 Å². The van der Waals surface area contributed by atoms with Crippen molar-refractivity contribution < 1.29 is 19.3 Å². The number of amides is 3. The summed E-state index contributed by atoms with van der Waals surface area (Å²) in [7, 11) is 0. The summed E-state index contributed by atoms with van der Waals surface area (Å²) in [6.45, 7) is 0. The van der Waals surface area contributed by atoms with E-state index in [1.54, 1.807) is 30.0 Å². The number of nitro groups is 1. The number of carbonyl (C=O) groups is 3. The van der Waals surface area contributed by atoms with E-state index in [1.807, 2.05) is 6.26 Å². The standard InChI is InChI=1S/C21H22N4O5S/c1-31-10-9-18(24-20(27)14-3-2-4-16(12-14)25(29)30)21(28)22-15-6-7-17-13(11-15)5-8-19(26)23-17/h2-4,6-7,11-12,18H,5,8-10H2,1H3,(H,22,28)(H,23,26)(H,24,27). The zero-order chi connectivity index (χ0) is 22.4. The minimum atomic E-state index is -0.810. The Kier molecular flexibility index (Phi) is 7.24. The molecule has 3 rings (SSSR count). The summed E-state index contributed by atoms with van der Waals surface area (Å²) in [5.41, 5.74) is 2.14. The molecule has 0 spiro atoms. The van der Waals surface area contributed by atoms with Gasteiger partial charge in [0.05, 0.1) is 4.92 Å². The number of fused-ring (bicyclic) bond motifs is 1. The van der Waals surface area contributed by atoms with Gasteiger partial charge in [0.1, 0.15) is 6.04 Å². The van der Waals surface area contributed by atoms with Crippen LogP contribution in [0.1, 0.15) is 28.8 Å². The summed E-state index contributed by atoms with van der Waals surface area (Å²) in [4.78, 5) is 47.4. The number of thioether (sulfide) groups is 1. The molecule has 0 aliphatic carbocycles. The van der Waals surface area contributed by atoms with Crippen molar-refractivity contribution >= 4 is 46.5 Å². The highest BCUT2D eigenvalue weighted by molar-refractivity contribution is 7.98. The molecule has 1 unspecified atom stereocenters. The predicted molar refractivity (Wildman–Crippen MR) is 119 cm³/mol. The van der Waals surface area contributed by atoms with E-state index < -0.39 is 16.9 Å². The van der Waals surface area contributed by atoms with Gasteiger partial charge in [-0.05, 0) is 54.7 Å². The van der Waals surface area contributed by atoms with Crippen LogP contribution in [0.2, 0.25) is 0 Å². The number of rotatable bonds is 8. The Morgan fingerprint density at radius 3 is 2.77 bits per heavy atom. The van der Waals surface area contributed by atoms with Crippen LogP contribution in [0.4, 0.5) is 17.1 Å². The fraction of sp³-hybridized carbons (Fsp3) is 0.286. The summed E-state index contributed by atoms with van der Waals surface area (Å²) in [6, 6.07) is 9.79. The van der Waals surface area contributed by atoms with Crippen LogP contribution in [0.15, 0.2) is 42.5 Å². The first-order chi connectivity index (χ1) is 14.9. The number of hydrogen-bond donors (Lipinski definition) is 3. The van der Waals surface area contributed by atoms with Gasteiger partial charge in [-0.3, -0.25) is 24.5 Å². The lowest BCUT2D eigenvalue weighted by atomic mass is 10.0. The molecular weight excluding hydrogens is 420 g/mol. The molecule has 1 aliphatic heterocycles. The first-order valence-electron chi connectivity index (χ1n) is 9.65. The van der Waals surface area contributed by atoms with Gasteiger partial charge in [-0.2, -0.15) is 11.8 Å². The molecule has 3 N–H and O–H groups in total. The fourth-order valence-electron chi connectivity index (χ4n) is 3.20. The van der Waals surface area contributed by atoms with E-state index in [0.717, 1.165) is 11.3 Å². The minimum Gasteiger partial charge on any atom is -0.340 e. The van der Waals surface area contributed by atoms with Crippen molar-refractivity contribution in [2.45, 2.75) is 25.3 Å². The number of nitro benzene ring substituents is 1. The zero-order valence-corrected chi connectivity index (χ0v) is 17.7. The molecule has 1 atom stereocenters. The SMILES string of the molecule is CSCCC(NC(=O)c1cccc([N+](=O)[O-])c1)C(=O)Nc1ccc2c(c1)CCC(=O)N2. The largest absolute Gasteiger partial charge is 0.340 e. The van der Waals surface area contributed by atoms with Crippen LogP contribution in [0.5, 0.6) is 0 Å². The van der Waals surface area contributed by atoms with Crippen LogP contribution in [-0.4, -0.2) is 40.7 Å². The molecule has 0 fully saturated rings. The van der Waals surface area contributed by atoms with Crippen molar-refractivity contribution in [3.8, 4) is 0 Å². The lowest BCUT2D eigenvalue weighted by Crippen LogP contribution is -2.44. The third kappa shape index (κ3) is 5.82. The maximum Gasteiger partial charge on any atom is 0.270 e. The van der Waals surface area contributed by atoms with Crippen molar-refractivity contribution in [3.63, 3.8) is 0 Å². The summed E-state index contributed by atoms with van der Waals surface area (Å²) >= 11 is 1.54. The number of hydrogen-bond acceptors (Lipinski definition) is 6. The van der Waals surface area contributed by atoms with Crippen molar-refractivity contribution in [1.82, 2.24) is 5.32 Å². The molecule has 0 bridgehead atoms. The lowest BCUT2D eigenvalue weighted by molar-refractivity contribution is -0.384. The zero-order valence-electron chi connectivity index (χ0n) is 16.8. The van der Waals surface area contributed by atoms with E-state index in [2.05, 4.69) is 16.0 Å². The van der Waals surface area contributed by atoms with E-state index in [4.69, 9.17) is 0 Å². The minimum absolute atomic E-state index is 0.0368. The molecular formula is C21H22N4O5S. The normalized spacial score (nSPS) is 13.5. The second-order valence-electron chi connectivity index (χ2n) is 7.02. The topological polar surface area (TPSA) is 130 Å². The third-order valence-corrected chi connectivity index (χ3v) is 5.46. The van der Waals surface area contributed by atoms with Gasteiger partial charge in [-0.1, -0.05) is 6.07 Å². The third-order valence-electron chi connectivity index (χ3n) is 4.82. The molecule has 3 amide bonds. The molecule has 0 radical (unpaired) electrons. The van der Waals surface area contributed by atoms with Crippen LogP contribution in [0.25, 0.3) is 0 Å². The Morgan fingerprint density at radius 2 is 2.03 bits per heavy atom. The van der Waals surface area contributed by atoms with Crippen molar-refractivity contribution in [2.75, 3.05) is 22.6 Å². The monoisotopic (exact) mass is 442 g/mol. The molecule has 0 saturated carbocycles. The van der Waals surface area contributed by atoms with Crippen molar-refractivity contribution in [3.05, 3.63) is 63.7 Å². The summed E-state index contributed by atoms with van der Waals surface area (Å²) < 4.78 is 0. The highest BCUT2D eigenvalue weighted by Crippen LogP contribution is 2.26.